The molecule has 1 N–H and O–H groups in total. The molecule has 0 aromatic rings. The van der Waals surface area contributed by atoms with Gasteiger partial charge in [-0.2, -0.15) is 5.26 Å². The highest BCUT2D eigenvalue weighted by atomic mass is 16.4. The van der Waals surface area contributed by atoms with Gasteiger partial charge < -0.3 is 5.21 Å². The van der Waals surface area contributed by atoms with Crippen molar-refractivity contribution in [1.29, 1.82) is 5.26 Å². The third kappa shape index (κ3) is 4.70. The molecule has 0 aliphatic heterocycles. The van der Waals surface area contributed by atoms with Gasteiger partial charge in [0.1, 0.15) is 0 Å². The van der Waals surface area contributed by atoms with Crippen molar-refractivity contribution >= 4 is 6.21 Å². The number of hydrogen-bond acceptors (Lipinski definition) is 3. The number of nitriles is 1. The van der Waals surface area contributed by atoms with Crippen molar-refractivity contribution in [3.05, 3.63) is 12.2 Å². The zero-order chi connectivity index (χ0) is 5.54. The van der Waals surface area contributed by atoms with Gasteiger partial charge in [-0.05, 0) is 6.08 Å². The summed E-state index contributed by atoms with van der Waals surface area (Å²) in [6, 6.07) is 1.72. The predicted octanol–water partition coefficient (Wildman–Crippen LogP) is 0.526. The molecule has 36 valence electrons. The lowest BCUT2D eigenvalue weighted by atomic mass is 10.6. The number of allylic oxidation sites excluding steroid dienone is 2. The first-order valence-electron chi connectivity index (χ1n) is 1.64. The van der Waals surface area contributed by atoms with Crippen molar-refractivity contribution in [3.63, 3.8) is 0 Å². The fraction of sp³-hybridized carbons (Fsp3) is 0. The van der Waals surface area contributed by atoms with Crippen LogP contribution in [-0.4, -0.2) is 11.4 Å². The maximum absolute atomic E-state index is 7.81. The van der Waals surface area contributed by atoms with Gasteiger partial charge in [0.15, 0.2) is 0 Å². The van der Waals surface area contributed by atoms with Crippen LogP contribution in [0.5, 0.6) is 0 Å². The lowest BCUT2D eigenvalue weighted by Gasteiger charge is -1.61. The summed E-state index contributed by atoms with van der Waals surface area (Å²) in [7, 11) is 0. The molecule has 0 unspecified atom stereocenters. The Kier molecular flexibility index (Phi) is 3.83. The molecule has 0 aromatic heterocycles. The molecule has 0 aliphatic carbocycles. The zero-order valence-corrected chi connectivity index (χ0v) is 3.57. The Labute approximate surface area is 41.2 Å². The number of rotatable bonds is 1. The van der Waals surface area contributed by atoms with Gasteiger partial charge in [-0.15, -0.1) is 0 Å². The molecule has 0 heterocycles. The molecular weight excluding hydrogens is 92.1 g/mol. The lowest BCUT2D eigenvalue weighted by Crippen LogP contribution is -1.58. The van der Waals surface area contributed by atoms with Gasteiger partial charge in [0.2, 0.25) is 0 Å². The second-order valence-corrected chi connectivity index (χ2v) is 0.753. The Morgan fingerprint density at radius 3 is 2.86 bits per heavy atom. The number of oxime groups is 1. The van der Waals surface area contributed by atoms with Crippen molar-refractivity contribution in [2.24, 2.45) is 5.16 Å². The summed E-state index contributed by atoms with van der Waals surface area (Å²) in [6.45, 7) is 0. The number of hydrogen-bond donors (Lipinski definition) is 1. The fourth-order valence-electron chi connectivity index (χ4n) is 0.125. The summed E-state index contributed by atoms with van der Waals surface area (Å²) in [5, 5.41) is 18.1. The van der Waals surface area contributed by atoms with Crippen molar-refractivity contribution in [3.8, 4) is 6.07 Å². The van der Waals surface area contributed by atoms with Crippen LogP contribution in [0.15, 0.2) is 17.3 Å². The SMILES string of the molecule is N#C/C=C/C=N/O. The first-order chi connectivity index (χ1) is 3.41. The van der Waals surface area contributed by atoms with Gasteiger partial charge in [-0.3, -0.25) is 0 Å². The highest BCUT2D eigenvalue weighted by Gasteiger charge is 1.57. The number of nitrogens with zero attached hydrogens (tertiary/aromatic N) is 2. The van der Waals surface area contributed by atoms with E-state index in [0.717, 1.165) is 6.21 Å². The van der Waals surface area contributed by atoms with Gasteiger partial charge in [-0.25, -0.2) is 0 Å². The Morgan fingerprint density at radius 2 is 2.43 bits per heavy atom. The first kappa shape index (κ1) is 5.70. The molecular formula is C4H4N2O. The third-order valence-corrected chi connectivity index (χ3v) is 0.323. The molecule has 0 amide bonds. The van der Waals surface area contributed by atoms with Crippen LogP contribution in [0.3, 0.4) is 0 Å². The molecule has 0 fully saturated rings. The van der Waals surface area contributed by atoms with E-state index in [1.807, 2.05) is 0 Å². The molecule has 0 rings (SSSR count). The van der Waals surface area contributed by atoms with Gasteiger partial charge in [0.05, 0.1) is 12.3 Å². The van der Waals surface area contributed by atoms with E-state index in [2.05, 4.69) is 5.16 Å². The Morgan fingerprint density at radius 1 is 1.71 bits per heavy atom. The van der Waals surface area contributed by atoms with Gasteiger partial charge >= 0.3 is 0 Å². The Bertz CT molecular complexity index is 120. The first-order valence-corrected chi connectivity index (χ1v) is 1.64. The summed E-state index contributed by atoms with van der Waals surface area (Å²) < 4.78 is 0. The summed E-state index contributed by atoms with van der Waals surface area (Å²) in [6.07, 6.45) is 3.66. The van der Waals surface area contributed by atoms with E-state index >= 15 is 0 Å². The average Bonchev–Trinajstić information content (AvgIpc) is 1.69. The molecule has 0 aliphatic rings. The average molecular weight is 96.1 g/mol. The van der Waals surface area contributed by atoms with E-state index in [4.69, 9.17) is 10.5 Å². The van der Waals surface area contributed by atoms with Gasteiger partial charge in [-0.1, -0.05) is 5.16 Å². The lowest BCUT2D eigenvalue weighted by molar-refractivity contribution is 0.322. The van der Waals surface area contributed by atoms with Crippen molar-refractivity contribution in [2.45, 2.75) is 0 Å². The summed E-state index contributed by atoms with van der Waals surface area (Å²) >= 11 is 0. The molecule has 0 radical (unpaired) electrons. The second kappa shape index (κ2) is 4.70. The highest BCUT2D eigenvalue weighted by Crippen LogP contribution is 1.60. The van der Waals surface area contributed by atoms with Crippen LogP contribution in [0, 0.1) is 11.3 Å². The molecule has 7 heavy (non-hydrogen) atoms. The van der Waals surface area contributed by atoms with Gasteiger partial charge in [0.25, 0.3) is 0 Å². The van der Waals surface area contributed by atoms with Crippen molar-refractivity contribution in [2.75, 3.05) is 0 Å². The minimum atomic E-state index is 1.11. The molecule has 0 atom stereocenters. The van der Waals surface area contributed by atoms with Crippen LogP contribution in [0.4, 0.5) is 0 Å². The Balaban J connectivity index is 3.33. The van der Waals surface area contributed by atoms with Crippen LogP contribution in [-0.2, 0) is 0 Å². The molecule has 0 saturated carbocycles. The van der Waals surface area contributed by atoms with E-state index in [1.165, 1.54) is 12.2 Å². The van der Waals surface area contributed by atoms with Crippen LogP contribution < -0.4 is 0 Å². The van der Waals surface area contributed by atoms with Crippen LogP contribution in [0.2, 0.25) is 0 Å². The minimum Gasteiger partial charge on any atom is -0.411 e. The van der Waals surface area contributed by atoms with Crippen LogP contribution in [0.1, 0.15) is 0 Å². The topological polar surface area (TPSA) is 56.4 Å². The standard InChI is InChI=1S/C4H4N2O/c5-3-1-2-4-6-7/h1-2,4,7H/b2-1+,6-4+. The van der Waals surface area contributed by atoms with Crippen LogP contribution in [0.25, 0.3) is 0 Å². The van der Waals surface area contributed by atoms with Gasteiger partial charge in [0, 0.05) is 6.08 Å². The molecule has 0 aromatic carbocycles. The largest absolute Gasteiger partial charge is 0.411 e. The Hall–Kier alpha value is -1.30. The van der Waals surface area contributed by atoms with Crippen LogP contribution >= 0.6 is 0 Å². The molecule has 3 heteroatoms. The highest BCUT2D eigenvalue weighted by molar-refractivity contribution is 5.70. The summed E-state index contributed by atoms with van der Waals surface area (Å²) in [4.78, 5) is 0. The van der Waals surface area contributed by atoms with E-state index in [1.54, 1.807) is 6.07 Å². The smallest absolute Gasteiger partial charge is 0.0912 e. The van der Waals surface area contributed by atoms with E-state index in [9.17, 15) is 0 Å². The minimum absolute atomic E-state index is 1.11. The third-order valence-electron chi connectivity index (χ3n) is 0.323. The van der Waals surface area contributed by atoms with Crippen molar-refractivity contribution in [1.82, 2.24) is 0 Å². The summed E-state index contributed by atoms with van der Waals surface area (Å²) in [5.41, 5.74) is 0. The van der Waals surface area contributed by atoms with Crippen molar-refractivity contribution < 1.29 is 5.21 Å². The van der Waals surface area contributed by atoms with E-state index in [-0.39, 0.29) is 0 Å². The maximum atomic E-state index is 7.81. The zero-order valence-electron chi connectivity index (χ0n) is 3.57. The fourth-order valence-corrected chi connectivity index (χ4v) is 0.125. The molecule has 3 nitrogen and oxygen atoms in total. The molecule has 0 saturated heterocycles. The monoisotopic (exact) mass is 96.0 g/mol. The van der Waals surface area contributed by atoms with E-state index < -0.39 is 0 Å². The second-order valence-electron chi connectivity index (χ2n) is 0.753. The van der Waals surface area contributed by atoms with E-state index in [0.29, 0.717) is 0 Å². The summed E-state index contributed by atoms with van der Waals surface area (Å²) in [5.74, 6) is 0. The molecule has 0 spiro atoms. The quantitative estimate of drug-likeness (QED) is 0.224. The predicted molar refractivity (Wildman–Crippen MR) is 25.0 cm³/mol. The normalized spacial score (nSPS) is 10.1. The molecule has 0 bridgehead atoms. The maximum Gasteiger partial charge on any atom is 0.0912 e.